The standard InChI is InChI=1S/C15H22ClN/c1-11-8-12(2)15(13(3)9-11)10-17-6-4-14(16)5-7-17/h8-9,14H,4-7,10H2,1-3H3. The summed E-state index contributed by atoms with van der Waals surface area (Å²) >= 11 is 6.14. The Labute approximate surface area is 110 Å². The van der Waals surface area contributed by atoms with Gasteiger partial charge in [0.05, 0.1) is 0 Å². The van der Waals surface area contributed by atoms with Gasteiger partial charge in [0.15, 0.2) is 0 Å². The second-order valence-corrected chi connectivity index (χ2v) is 5.95. The molecule has 1 fully saturated rings. The van der Waals surface area contributed by atoms with Crippen molar-refractivity contribution in [3.05, 3.63) is 34.4 Å². The molecule has 1 aliphatic rings. The van der Waals surface area contributed by atoms with E-state index >= 15 is 0 Å². The molecule has 1 aromatic carbocycles. The van der Waals surface area contributed by atoms with Gasteiger partial charge in [0, 0.05) is 11.9 Å². The third-order valence-corrected chi connectivity index (χ3v) is 4.18. The third kappa shape index (κ3) is 3.23. The molecular weight excluding hydrogens is 230 g/mol. The van der Waals surface area contributed by atoms with Gasteiger partial charge in [-0.25, -0.2) is 0 Å². The van der Waals surface area contributed by atoms with Crippen LogP contribution in [0, 0.1) is 20.8 Å². The summed E-state index contributed by atoms with van der Waals surface area (Å²) in [6, 6.07) is 4.58. The fraction of sp³-hybridized carbons (Fsp3) is 0.600. The predicted octanol–water partition coefficient (Wildman–Crippen LogP) is 3.82. The second kappa shape index (κ2) is 5.41. The van der Waals surface area contributed by atoms with Crippen LogP contribution in [0.5, 0.6) is 0 Å². The van der Waals surface area contributed by atoms with Gasteiger partial charge in [-0.1, -0.05) is 17.7 Å². The van der Waals surface area contributed by atoms with Gasteiger partial charge >= 0.3 is 0 Å². The molecule has 0 aromatic heterocycles. The number of alkyl halides is 1. The number of benzene rings is 1. The van der Waals surface area contributed by atoms with Crippen LogP contribution in [0.2, 0.25) is 0 Å². The quantitative estimate of drug-likeness (QED) is 0.723. The van der Waals surface area contributed by atoms with Crippen LogP contribution in [-0.4, -0.2) is 23.4 Å². The molecule has 2 rings (SSSR count). The summed E-state index contributed by atoms with van der Waals surface area (Å²) in [6.07, 6.45) is 2.26. The van der Waals surface area contributed by atoms with E-state index in [4.69, 9.17) is 11.6 Å². The van der Waals surface area contributed by atoms with Crippen LogP contribution in [0.1, 0.15) is 35.1 Å². The number of hydrogen-bond acceptors (Lipinski definition) is 1. The summed E-state index contributed by atoms with van der Waals surface area (Å²) in [4.78, 5) is 2.53. The lowest BCUT2D eigenvalue weighted by atomic mass is 9.98. The fourth-order valence-corrected chi connectivity index (χ4v) is 2.94. The predicted molar refractivity (Wildman–Crippen MR) is 74.8 cm³/mol. The van der Waals surface area contributed by atoms with E-state index in [9.17, 15) is 0 Å². The van der Waals surface area contributed by atoms with Crippen LogP contribution in [-0.2, 0) is 6.54 Å². The summed E-state index contributed by atoms with van der Waals surface area (Å²) in [5.74, 6) is 0. The van der Waals surface area contributed by atoms with Crippen molar-refractivity contribution in [1.29, 1.82) is 0 Å². The van der Waals surface area contributed by atoms with Gasteiger partial charge < -0.3 is 0 Å². The average Bonchev–Trinajstić information content (AvgIpc) is 2.26. The topological polar surface area (TPSA) is 3.24 Å². The van der Waals surface area contributed by atoms with E-state index in [0.29, 0.717) is 5.38 Å². The molecule has 0 aliphatic carbocycles. The molecule has 0 amide bonds. The van der Waals surface area contributed by atoms with Crippen molar-refractivity contribution in [2.24, 2.45) is 0 Å². The van der Waals surface area contributed by atoms with E-state index in [1.165, 1.54) is 22.3 Å². The summed E-state index contributed by atoms with van der Waals surface area (Å²) < 4.78 is 0. The Morgan fingerprint density at radius 1 is 1.12 bits per heavy atom. The Bertz CT molecular complexity index is 369. The highest BCUT2D eigenvalue weighted by Gasteiger charge is 2.18. The molecule has 0 spiro atoms. The minimum Gasteiger partial charge on any atom is -0.299 e. The van der Waals surface area contributed by atoms with E-state index in [0.717, 1.165) is 32.5 Å². The monoisotopic (exact) mass is 251 g/mol. The van der Waals surface area contributed by atoms with Crippen LogP contribution in [0.4, 0.5) is 0 Å². The lowest BCUT2D eigenvalue weighted by molar-refractivity contribution is 0.222. The maximum Gasteiger partial charge on any atom is 0.0360 e. The van der Waals surface area contributed by atoms with Crippen molar-refractivity contribution in [1.82, 2.24) is 4.90 Å². The first kappa shape index (κ1) is 12.9. The molecule has 0 bridgehead atoms. The molecule has 1 heterocycles. The average molecular weight is 252 g/mol. The van der Waals surface area contributed by atoms with Gasteiger partial charge in [-0.05, 0) is 63.4 Å². The molecule has 0 N–H and O–H groups in total. The smallest absolute Gasteiger partial charge is 0.0360 e. The number of rotatable bonds is 2. The minimum absolute atomic E-state index is 0.395. The van der Waals surface area contributed by atoms with Crippen molar-refractivity contribution in [2.45, 2.75) is 45.5 Å². The van der Waals surface area contributed by atoms with Crippen LogP contribution in [0.3, 0.4) is 0 Å². The normalized spacial score (nSPS) is 18.6. The molecule has 1 aliphatic heterocycles. The first-order valence-corrected chi connectivity index (χ1v) is 6.93. The largest absolute Gasteiger partial charge is 0.299 e. The Hall–Kier alpha value is -0.530. The van der Waals surface area contributed by atoms with Crippen molar-refractivity contribution in [2.75, 3.05) is 13.1 Å². The Balaban J connectivity index is 2.08. The van der Waals surface area contributed by atoms with Crippen molar-refractivity contribution >= 4 is 11.6 Å². The van der Waals surface area contributed by atoms with Crippen molar-refractivity contribution in [3.63, 3.8) is 0 Å². The van der Waals surface area contributed by atoms with E-state index in [1.807, 2.05) is 0 Å². The molecule has 17 heavy (non-hydrogen) atoms. The van der Waals surface area contributed by atoms with Crippen LogP contribution in [0.25, 0.3) is 0 Å². The second-order valence-electron chi connectivity index (χ2n) is 5.33. The summed E-state index contributed by atoms with van der Waals surface area (Å²) in [5.41, 5.74) is 5.72. The first-order chi connectivity index (χ1) is 8.06. The zero-order valence-electron chi connectivity index (χ0n) is 11.1. The van der Waals surface area contributed by atoms with Gasteiger partial charge in [0.2, 0.25) is 0 Å². The molecular formula is C15H22ClN. The summed E-state index contributed by atoms with van der Waals surface area (Å²) in [7, 11) is 0. The highest BCUT2D eigenvalue weighted by Crippen LogP contribution is 2.22. The van der Waals surface area contributed by atoms with Crippen LogP contribution < -0.4 is 0 Å². The molecule has 0 radical (unpaired) electrons. The zero-order valence-corrected chi connectivity index (χ0v) is 11.8. The maximum atomic E-state index is 6.14. The lowest BCUT2D eigenvalue weighted by Crippen LogP contribution is -2.33. The van der Waals surface area contributed by atoms with E-state index < -0.39 is 0 Å². The third-order valence-electron chi connectivity index (χ3n) is 3.74. The van der Waals surface area contributed by atoms with Gasteiger partial charge in [0.1, 0.15) is 0 Å². The van der Waals surface area contributed by atoms with Crippen molar-refractivity contribution < 1.29 is 0 Å². The number of hydrogen-bond donors (Lipinski definition) is 0. The summed E-state index contributed by atoms with van der Waals surface area (Å²) in [5, 5.41) is 0.395. The van der Waals surface area contributed by atoms with E-state index in [-0.39, 0.29) is 0 Å². The molecule has 1 saturated heterocycles. The Morgan fingerprint density at radius 2 is 1.65 bits per heavy atom. The molecule has 0 unspecified atom stereocenters. The molecule has 0 saturated carbocycles. The van der Waals surface area contributed by atoms with Gasteiger partial charge in [-0.2, -0.15) is 0 Å². The highest BCUT2D eigenvalue weighted by molar-refractivity contribution is 6.20. The van der Waals surface area contributed by atoms with E-state index in [1.54, 1.807) is 0 Å². The molecule has 2 heteroatoms. The lowest BCUT2D eigenvalue weighted by Gasteiger charge is -2.30. The SMILES string of the molecule is Cc1cc(C)c(CN2CCC(Cl)CC2)c(C)c1. The first-order valence-electron chi connectivity index (χ1n) is 6.49. The van der Waals surface area contributed by atoms with Gasteiger partial charge in [0.25, 0.3) is 0 Å². The molecule has 1 aromatic rings. The minimum atomic E-state index is 0.395. The molecule has 1 nitrogen and oxygen atoms in total. The van der Waals surface area contributed by atoms with Gasteiger partial charge in [-0.15, -0.1) is 11.6 Å². The number of halogens is 1. The van der Waals surface area contributed by atoms with Gasteiger partial charge in [-0.3, -0.25) is 4.90 Å². The van der Waals surface area contributed by atoms with Crippen LogP contribution in [0.15, 0.2) is 12.1 Å². The Morgan fingerprint density at radius 3 is 2.18 bits per heavy atom. The molecule has 0 atom stereocenters. The summed E-state index contributed by atoms with van der Waals surface area (Å²) in [6.45, 7) is 9.99. The number of piperidine rings is 1. The zero-order chi connectivity index (χ0) is 12.4. The number of nitrogens with zero attached hydrogens (tertiary/aromatic N) is 1. The number of aryl methyl sites for hydroxylation is 3. The van der Waals surface area contributed by atoms with Crippen LogP contribution >= 0.6 is 11.6 Å². The van der Waals surface area contributed by atoms with Crippen molar-refractivity contribution in [3.8, 4) is 0 Å². The maximum absolute atomic E-state index is 6.14. The van der Waals surface area contributed by atoms with E-state index in [2.05, 4.69) is 37.8 Å². The number of likely N-dealkylation sites (tertiary alicyclic amines) is 1. The fourth-order valence-electron chi connectivity index (χ4n) is 2.74. The Kier molecular flexibility index (Phi) is 4.11. The molecule has 94 valence electrons. The highest BCUT2D eigenvalue weighted by atomic mass is 35.5.